The standard InChI is InChI=1S/C14H20O2S3/c1-10(9-11(2)16-14(15)17-3)12-7-5-6-8-13(12)19-18-4/h5-8,10-11H,9H2,1-4H3. The van der Waals surface area contributed by atoms with E-state index in [4.69, 9.17) is 4.74 Å². The summed E-state index contributed by atoms with van der Waals surface area (Å²) in [5.41, 5.74) is 1.33. The highest BCUT2D eigenvalue weighted by Crippen LogP contribution is 2.36. The molecular formula is C14H20O2S3. The minimum Gasteiger partial charge on any atom is -0.455 e. The molecule has 0 aliphatic rings. The van der Waals surface area contributed by atoms with E-state index in [0.717, 1.165) is 18.2 Å². The summed E-state index contributed by atoms with van der Waals surface area (Å²) < 4.78 is 5.30. The van der Waals surface area contributed by atoms with Gasteiger partial charge in [0, 0.05) is 4.90 Å². The maximum absolute atomic E-state index is 11.2. The molecule has 5 heteroatoms. The lowest BCUT2D eigenvalue weighted by molar-refractivity contribution is 0.124. The van der Waals surface area contributed by atoms with Gasteiger partial charge in [0.25, 0.3) is 0 Å². The van der Waals surface area contributed by atoms with E-state index < -0.39 is 0 Å². The molecule has 0 fully saturated rings. The van der Waals surface area contributed by atoms with Crippen LogP contribution < -0.4 is 0 Å². The normalized spacial score (nSPS) is 13.9. The van der Waals surface area contributed by atoms with Gasteiger partial charge >= 0.3 is 5.30 Å². The van der Waals surface area contributed by atoms with E-state index in [-0.39, 0.29) is 11.4 Å². The van der Waals surface area contributed by atoms with Gasteiger partial charge in [-0.05, 0) is 55.2 Å². The van der Waals surface area contributed by atoms with Crippen molar-refractivity contribution >= 4 is 38.7 Å². The summed E-state index contributed by atoms with van der Waals surface area (Å²) in [5, 5.41) is -0.202. The van der Waals surface area contributed by atoms with Crippen LogP contribution in [0.3, 0.4) is 0 Å². The molecule has 106 valence electrons. The molecule has 0 saturated heterocycles. The zero-order valence-corrected chi connectivity index (χ0v) is 14.2. The van der Waals surface area contributed by atoms with Gasteiger partial charge in [0.2, 0.25) is 0 Å². The van der Waals surface area contributed by atoms with Gasteiger partial charge in [-0.15, -0.1) is 0 Å². The smallest absolute Gasteiger partial charge is 0.367 e. The summed E-state index contributed by atoms with van der Waals surface area (Å²) in [5.74, 6) is 0.375. The van der Waals surface area contributed by atoms with Crippen molar-refractivity contribution in [3.8, 4) is 0 Å². The van der Waals surface area contributed by atoms with E-state index in [1.807, 2.05) is 6.92 Å². The minimum absolute atomic E-state index is 0.0534. The van der Waals surface area contributed by atoms with Gasteiger partial charge in [0.05, 0.1) is 0 Å². The number of thioether (sulfide) groups is 1. The molecule has 0 aliphatic carbocycles. The molecule has 0 heterocycles. The fourth-order valence-electron chi connectivity index (χ4n) is 1.94. The largest absolute Gasteiger partial charge is 0.455 e. The second-order valence-electron chi connectivity index (χ2n) is 4.31. The number of carbonyl (C=O) groups excluding carboxylic acids is 1. The van der Waals surface area contributed by atoms with Gasteiger partial charge in [0.1, 0.15) is 6.10 Å². The Morgan fingerprint density at radius 1 is 1.26 bits per heavy atom. The summed E-state index contributed by atoms with van der Waals surface area (Å²) in [6.07, 6.45) is 4.61. The third-order valence-electron chi connectivity index (χ3n) is 2.77. The maximum Gasteiger partial charge on any atom is 0.367 e. The van der Waals surface area contributed by atoms with E-state index in [0.29, 0.717) is 5.92 Å². The van der Waals surface area contributed by atoms with Gasteiger partial charge in [-0.1, -0.05) is 46.7 Å². The van der Waals surface area contributed by atoms with Crippen LogP contribution in [0.2, 0.25) is 0 Å². The first-order valence-corrected chi connectivity index (χ1v) is 9.91. The van der Waals surface area contributed by atoms with Crippen molar-refractivity contribution in [2.75, 3.05) is 12.5 Å². The second-order valence-corrected chi connectivity index (χ2v) is 7.49. The zero-order valence-electron chi connectivity index (χ0n) is 11.7. The average molecular weight is 317 g/mol. The van der Waals surface area contributed by atoms with Crippen molar-refractivity contribution in [2.45, 2.75) is 37.2 Å². The SMILES string of the molecule is CSSc1ccccc1C(C)CC(C)OC(=O)SC. The van der Waals surface area contributed by atoms with Crippen molar-refractivity contribution in [3.63, 3.8) is 0 Å². The first-order chi connectivity index (χ1) is 9.08. The van der Waals surface area contributed by atoms with Crippen molar-refractivity contribution in [1.82, 2.24) is 0 Å². The van der Waals surface area contributed by atoms with Crippen molar-refractivity contribution in [2.24, 2.45) is 0 Å². The minimum atomic E-state index is -0.202. The van der Waals surface area contributed by atoms with Crippen LogP contribution >= 0.6 is 33.3 Å². The lowest BCUT2D eigenvalue weighted by Crippen LogP contribution is -2.14. The lowest BCUT2D eigenvalue weighted by atomic mass is 9.95. The molecule has 1 aromatic carbocycles. The molecule has 0 radical (unpaired) electrons. The highest BCUT2D eigenvalue weighted by molar-refractivity contribution is 8.76. The molecular weight excluding hydrogens is 296 g/mol. The van der Waals surface area contributed by atoms with Gasteiger partial charge < -0.3 is 4.74 Å². The Bertz CT molecular complexity index is 409. The topological polar surface area (TPSA) is 26.3 Å². The molecule has 0 aromatic heterocycles. The summed E-state index contributed by atoms with van der Waals surface area (Å²) in [6.45, 7) is 4.14. The van der Waals surface area contributed by atoms with E-state index in [1.54, 1.807) is 27.8 Å². The molecule has 0 spiro atoms. The van der Waals surface area contributed by atoms with Crippen LogP contribution in [0.25, 0.3) is 0 Å². The Balaban J connectivity index is 2.66. The number of rotatable bonds is 6. The van der Waals surface area contributed by atoms with E-state index in [9.17, 15) is 4.79 Å². The Morgan fingerprint density at radius 3 is 2.58 bits per heavy atom. The predicted molar refractivity (Wildman–Crippen MR) is 88.3 cm³/mol. The molecule has 0 bridgehead atoms. The maximum atomic E-state index is 11.2. The number of ether oxygens (including phenoxy) is 1. The fraction of sp³-hybridized carbons (Fsp3) is 0.500. The number of hydrogen-bond donors (Lipinski definition) is 0. The molecule has 0 N–H and O–H groups in total. The molecule has 2 atom stereocenters. The van der Waals surface area contributed by atoms with Crippen LogP contribution in [0, 0.1) is 0 Å². The number of carbonyl (C=O) groups is 1. The second kappa shape index (κ2) is 8.82. The Labute approximate surface area is 127 Å². The predicted octanol–water partition coefficient (Wildman–Crippen LogP) is 5.44. The molecule has 0 saturated carbocycles. The van der Waals surface area contributed by atoms with Crippen LogP contribution in [-0.2, 0) is 4.74 Å². The van der Waals surface area contributed by atoms with Crippen LogP contribution in [0.4, 0.5) is 4.79 Å². The van der Waals surface area contributed by atoms with E-state index >= 15 is 0 Å². The molecule has 2 unspecified atom stereocenters. The summed E-state index contributed by atoms with van der Waals surface area (Å²) in [6, 6.07) is 8.43. The zero-order chi connectivity index (χ0) is 14.3. The van der Waals surface area contributed by atoms with E-state index in [2.05, 4.69) is 37.4 Å². The first-order valence-electron chi connectivity index (χ1n) is 6.12. The fourth-order valence-corrected chi connectivity index (χ4v) is 3.87. The average Bonchev–Trinajstić information content (AvgIpc) is 2.39. The van der Waals surface area contributed by atoms with Crippen molar-refractivity contribution in [3.05, 3.63) is 29.8 Å². The van der Waals surface area contributed by atoms with Crippen molar-refractivity contribution in [1.29, 1.82) is 0 Å². The van der Waals surface area contributed by atoms with Gasteiger partial charge in [-0.25, -0.2) is 4.79 Å². The van der Waals surface area contributed by atoms with Crippen LogP contribution in [0.1, 0.15) is 31.7 Å². The number of benzene rings is 1. The highest BCUT2D eigenvalue weighted by Gasteiger charge is 2.16. The third-order valence-corrected chi connectivity index (χ3v) is 4.96. The monoisotopic (exact) mass is 316 g/mol. The first kappa shape index (κ1) is 16.8. The van der Waals surface area contributed by atoms with Crippen LogP contribution in [0.15, 0.2) is 29.2 Å². The Morgan fingerprint density at radius 2 is 1.95 bits per heavy atom. The summed E-state index contributed by atoms with van der Waals surface area (Å²) in [4.78, 5) is 12.5. The summed E-state index contributed by atoms with van der Waals surface area (Å²) in [7, 11) is 3.53. The van der Waals surface area contributed by atoms with Gasteiger partial charge in [-0.3, -0.25) is 0 Å². The molecule has 1 aromatic rings. The quantitative estimate of drug-likeness (QED) is 0.514. The Kier molecular flexibility index (Phi) is 7.80. The molecule has 19 heavy (non-hydrogen) atoms. The van der Waals surface area contributed by atoms with Crippen LogP contribution in [0.5, 0.6) is 0 Å². The molecule has 1 rings (SSSR count). The van der Waals surface area contributed by atoms with Crippen molar-refractivity contribution < 1.29 is 9.53 Å². The highest BCUT2D eigenvalue weighted by atomic mass is 33.1. The lowest BCUT2D eigenvalue weighted by Gasteiger charge is -2.19. The molecule has 0 amide bonds. The Hall–Kier alpha value is -0.260. The molecule has 0 aliphatic heterocycles. The third kappa shape index (κ3) is 5.71. The molecule has 2 nitrogen and oxygen atoms in total. The summed E-state index contributed by atoms with van der Waals surface area (Å²) >= 11 is 1.12. The van der Waals surface area contributed by atoms with Gasteiger partial charge in [-0.2, -0.15) is 0 Å². The number of hydrogen-bond acceptors (Lipinski definition) is 5. The van der Waals surface area contributed by atoms with Crippen LogP contribution in [-0.4, -0.2) is 23.9 Å². The van der Waals surface area contributed by atoms with Gasteiger partial charge in [0.15, 0.2) is 0 Å². The van der Waals surface area contributed by atoms with E-state index in [1.165, 1.54) is 10.5 Å².